The van der Waals surface area contributed by atoms with E-state index in [-0.39, 0.29) is 11.6 Å². The molecular weight excluding hydrogens is 494 g/mol. The largest absolute Gasteiger partial charge is 0.456 e. The molecule has 4 atom stereocenters. The number of hydrogen-bond acceptors (Lipinski definition) is 8. The van der Waals surface area contributed by atoms with Crippen LogP contribution in [-0.4, -0.2) is 49.6 Å². The molecule has 0 aromatic heterocycles. The molecule has 38 heavy (non-hydrogen) atoms. The van der Waals surface area contributed by atoms with E-state index < -0.39 is 36.5 Å². The molecule has 0 saturated carbocycles. The van der Waals surface area contributed by atoms with Gasteiger partial charge in [0.25, 0.3) is 0 Å². The monoisotopic (exact) mass is 528 g/mol. The smallest absolute Gasteiger partial charge is 0.331 e. The normalized spacial score (nSPS) is 17.7. The predicted molar refractivity (Wildman–Crippen MR) is 141 cm³/mol. The van der Waals surface area contributed by atoms with Crippen LogP contribution in [0, 0.1) is 25.5 Å². The van der Waals surface area contributed by atoms with Gasteiger partial charge in [-0.25, -0.2) is 18.4 Å². The molecule has 0 radical (unpaired) electrons. The van der Waals surface area contributed by atoms with Crippen molar-refractivity contribution < 1.29 is 27.8 Å². The van der Waals surface area contributed by atoms with Crippen LogP contribution in [0.15, 0.2) is 36.4 Å². The Morgan fingerprint density at radius 3 is 1.53 bits per heavy atom. The Morgan fingerprint density at radius 1 is 0.789 bits per heavy atom. The van der Waals surface area contributed by atoms with Gasteiger partial charge in [-0.3, -0.25) is 0 Å². The first kappa shape index (κ1) is 27.5. The van der Waals surface area contributed by atoms with Gasteiger partial charge in [0.2, 0.25) is 0 Å². The lowest BCUT2D eigenvalue weighted by molar-refractivity contribution is -0.146. The Balaban J connectivity index is 1.29. The minimum absolute atomic E-state index is 0.262. The molecule has 204 valence electrons. The van der Waals surface area contributed by atoms with Crippen LogP contribution in [0.3, 0.4) is 0 Å². The van der Waals surface area contributed by atoms with E-state index in [0.29, 0.717) is 37.1 Å². The summed E-state index contributed by atoms with van der Waals surface area (Å²) in [5.74, 6) is -2.02. The van der Waals surface area contributed by atoms with Crippen molar-refractivity contribution in [2.24, 2.45) is 11.5 Å². The second-order valence-electron chi connectivity index (χ2n) is 9.95. The molecule has 2 aromatic carbocycles. The number of ether oxygens (including phenoxy) is 2. The van der Waals surface area contributed by atoms with E-state index in [1.165, 1.54) is 12.1 Å². The summed E-state index contributed by atoms with van der Waals surface area (Å²) >= 11 is 0. The number of benzene rings is 2. The number of carbonyl (C=O) groups is 2. The number of halogens is 2. The van der Waals surface area contributed by atoms with Crippen LogP contribution in [0.5, 0.6) is 0 Å². The maximum atomic E-state index is 13.9. The number of esters is 2. The van der Waals surface area contributed by atoms with Crippen molar-refractivity contribution in [3.63, 3.8) is 0 Å². The standard InChI is InChI=1S/C28H34F2N4O4/c1-15-11-23-19(13-21(15)29)7-9-33(23)27(31)17(3)37-25(35)5-6-26(36)38-18(4)28(32)34-10-8-20-14-22(30)16(2)12-24(20)34/h5-6,11-14,17-18,27-28H,7-10,31-32H2,1-4H3/b6-5+/t17?,18?,27-,28-/m0/s1. The third kappa shape index (κ3) is 5.66. The number of nitrogens with zero attached hydrogens (tertiary/aromatic N) is 2. The predicted octanol–water partition coefficient (Wildman–Crippen LogP) is 3.00. The summed E-state index contributed by atoms with van der Waals surface area (Å²) in [6.07, 6.45) is 0.564. The third-order valence-corrected chi connectivity index (χ3v) is 7.22. The topological polar surface area (TPSA) is 111 Å². The molecule has 2 aliphatic heterocycles. The molecule has 2 heterocycles. The number of carbonyl (C=O) groups excluding carboxylic acids is 2. The van der Waals surface area contributed by atoms with Gasteiger partial charge >= 0.3 is 11.9 Å². The maximum absolute atomic E-state index is 13.9. The first-order valence-electron chi connectivity index (χ1n) is 12.7. The second-order valence-corrected chi connectivity index (χ2v) is 9.95. The Kier molecular flexibility index (Phi) is 8.03. The minimum Gasteiger partial charge on any atom is -0.456 e. The van der Waals surface area contributed by atoms with E-state index in [1.54, 1.807) is 39.8 Å². The van der Waals surface area contributed by atoms with Crippen LogP contribution < -0.4 is 21.3 Å². The van der Waals surface area contributed by atoms with Crippen molar-refractivity contribution in [1.82, 2.24) is 0 Å². The number of rotatable bonds is 8. The summed E-state index contributed by atoms with van der Waals surface area (Å²) in [6, 6.07) is 6.51. The van der Waals surface area contributed by atoms with Crippen molar-refractivity contribution >= 4 is 23.3 Å². The highest BCUT2D eigenvalue weighted by atomic mass is 19.1. The molecule has 4 rings (SSSR count). The molecule has 8 nitrogen and oxygen atoms in total. The summed E-state index contributed by atoms with van der Waals surface area (Å²) in [6.45, 7) is 7.85. The summed E-state index contributed by atoms with van der Waals surface area (Å²) in [5.41, 5.74) is 17.1. The molecule has 0 bridgehead atoms. The summed E-state index contributed by atoms with van der Waals surface area (Å²) in [5, 5.41) is 0. The highest BCUT2D eigenvalue weighted by Crippen LogP contribution is 2.33. The molecular formula is C28H34F2N4O4. The zero-order valence-corrected chi connectivity index (χ0v) is 22.0. The van der Waals surface area contributed by atoms with E-state index in [4.69, 9.17) is 20.9 Å². The van der Waals surface area contributed by atoms with E-state index >= 15 is 0 Å². The highest BCUT2D eigenvalue weighted by molar-refractivity contribution is 5.91. The van der Waals surface area contributed by atoms with E-state index in [1.807, 2.05) is 9.80 Å². The molecule has 10 heteroatoms. The Labute approximate surface area is 221 Å². The van der Waals surface area contributed by atoms with Crippen molar-refractivity contribution in [2.45, 2.75) is 65.1 Å². The van der Waals surface area contributed by atoms with Crippen LogP contribution in [0.1, 0.15) is 36.1 Å². The first-order valence-corrected chi connectivity index (χ1v) is 12.7. The van der Waals surface area contributed by atoms with E-state index in [0.717, 1.165) is 34.7 Å². The maximum Gasteiger partial charge on any atom is 0.331 e. The van der Waals surface area contributed by atoms with Gasteiger partial charge in [-0.05, 0) is 87.1 Å². The van der Waals surface area contributed by atoms with Gasteiger partial charge in [0.1, 0.15) is 36.2 Å². The van der Waals surface area contributed by atoms with Gasteiger partial charge in [-0.2, -0.15) is 0 Å². The molecule has 0 aliphatic carbocycles. The molecule has 0 saturated heterocycles. The zero-order valence-electron chi connectivity index (χ0n) is 22.0. The number of hydrogen-bond donors (Lipinski definition) is 2. The van der Waals surface area contributed by atoms with Crippen LogP contribution in [0.2, 0.25) is 0 Å². The average Bonchev–Trinajstić information content (AvgIpc) is 3.46. The van der Waals surface area contributed by atoms with Crippen molar-refractivity contribution in [1.29, 1.82) is 0 Å². The van der Waals surface area contributed by atoms with Crippen LogP contribution in [-0.2, 0) is 31.9 Å². The minimum atomic E-state index is -0.748. The second kappa shape index (κ2) is 11.1. The molecule has 0 fully saturated rings. The SMILES string of the molecule is Cc1cc2c(cc1F)CCN2[C@H](N)C(C)OC(=O)/C=C/C(=O)OC(C)[C@@H](N)N1CCc2cc(F)c(C)cc21. The highest BCUT2D eigenvalue weighted by Gasteiger charge is 2.31. The quantitative estimate of drug-likeness (QED) is 0.398. The van der Waals surface area contributed by atoms with E-state index in [9.17, 15) is 18.4 Å². The average molecular weight is 529 g/mol. The van der Waals surface area contributed by atoms with Crippen molar-refractivity contribution in [3.8, 4) is 0 Å². The molecule has 0 spiro atoms. The van der Waals surface area contributed by atoms with E-state index in [2.05, 4.69) is 0 Å². The summed E-state index contributed by atoms with van der Waals surface area (Å²) < 4.78 is 38.6. The Hall–Kier alpha value is -3.50. The first-order chi connectivity index (χ1) is 18.0. The van der Waals surface area contributed by atoms with Crippen molar-refractivity contribution in [2.75, 3.05) is 22.9 Å². The number of fused-ring (bicyclic) bond motifs is 2. The van der Waals surface area contributed by atoms with Gasteiger partial charge in [-0.15, -0.1) is 0 Å². The number of nitrogens with two attached hydrogens (primary N) is 2. The Morgan fingerprint density at radius 2 is 1.16 bits per heavy atom. The third-order valence-electron chi connectivity index (χ3n) is 7.22. The van der Waals surface area contributed by atoms with Gasteiger partial charge in [-0.1, -0.05) is 0 Å². The van der Waals surface area contributed by atoms with Crippen molar-refractivity contribution in [3.05, 3.63) is 70.3 Å². The van der Waals surface area contributed by atoms with Gasteiger partial charge in [0.05, 0.1) is 0 Å². The zero-order chi connectivity index (χ0) is 27.7. The van der Waals surface area contributed by atoms with Crippen LogP contribution >= 0.6 is 0 Å². The summed E-state index contributed by atoms with van der Waals surface area (Å²) in [4.78, 5) is 28.5. The van der Waals surface area contributed by atoms with Crippen LogP contribution in [0.4, 0.5) is 20.2 Å². The number of anilines is 2. The van der Waals surface area contributed by atoms with Gasteiger partial charge < -0.3 is 30.7 Å². The van der Waals surface area contributed by atoms with Crippen LogP contribution in [0.25, 0.3) is 0 Å². The fourth-order valence-electron chi connectivity index (χ4n) is 4.92. The molecule has 2 aliphatic rings. The lowest BCUT2D eigenvalue weighted by Gasteiger charge is -2.31. The summed E-state index contributed by atoms with van der Waals surface area (Å²) in [7, 11) is 0. The fourth-order valence-corrected chi connectivity index (χ4v) is 4.92. The lowest BCUT2D eigenvalue weighted by Crippen LogP contribution is -2.50. The number of aryl methyl sites for hydroxylation is 2. The molecule has 4 N–H and O–H groups in total. The Bertz CT molecular complexity index is 1170. The molecule has 0 amide bonds. The fraction of sp³-hybridized carbons (Fsp3) is 0.429. The van der Waals surface area contributed by atoms with Gasteiger partial charge in [0, 0.05) is 36.6 Å². The molecule has 2 unspecified atom stereocenters. The molecule has 2 aromatic rings. The lowest BCUT2D eigenvalue weighted by atomic mass is 10.1. The van der Waals surface area contributed by atoms with Gasteiger partial charge in [0.15, 0.2) is 0 Å².